The molecule has 7 atom stereocenters. The van der Waals surface area contributed by atoms with Gasteiger partial charge in [0.05, 0.1) is 12.1 Å². The van der Waals surface area contributed by atoms with Crippen LogP contribution >= 0.6 is 0 Å². The Morgan fingerprint density at radius 3 is 2.26 bits per heavy atom. The zero-order valence-corrected chi connectivity index (χ0v) is 31.8. The molecule has 290 valence electrons. The third-order valence-electron chi connectivity index (χ3n) is 10.4. The number of nitrogens with one attached hydrogen (secondary N) is 5. The molecule has 5 N–H and O–H groups in total. The number of Topliss-reactive ketones (excluding diaryl/α,β-unsaturated/α-hetero) is 1. The van der Waals surface area contributed by atoms with Gasteiger partial charge in [-0.3, -0.25) is 33.8 Å². The summed E-state index contributed by atoms with van der Waals surface area (Å²) < 4.78 is 0. The molecule has 1 aliphatic carbocycles. The monoisotopic (exact) mass is 736 g/mol. The van der Waals surface area contributed by atoms with Gasteiger partial charge in [-0.05, 0) is 80.4 Å². The highest BCUT2D eigenvalue weighted by molar-refractivity contribution is 6.38. The van der Waals surface area contributed by atoms with Gasteiger partial charge in [-0.15, -0.1) is 10.2 Å². The number of nitrogens with zero attached hydrogens (tertiary/aromatic N) is 5. The summed E-state index contributed by atoms with van der Waals surface area (Å²) in [6, 6.07) is -0.705. The minimum atomic E-state index is -1.07. The average molecular weight is 737 g/mol. The van der Waals surface area contributed by atoms with E-state index in [9.17, 15) is 28.8 Å². The van der Waals surface area contributed by atoms with E-state index in [4.69, 9.17) is 0 Å². The number of carbonyl (C=O) groups is 6. The van der Waals surface area contributed by atoms with E-state index in [1.807, 2.05) is 34.6 Å². The van der Waals surface area contributed by atoms with E-state index >= 15 is 0 Å². The summed E-state index contributed by atoms with van der Waals surface area (Å²) >= 11 is 0. The van der Waals surface area contributed by atoms with Crippen LogP contribution in [-0.2, 0) is 35.2 Å². The molecule has 2 aliphatic rings. The molecule has 2 fully saturated rings. The number of unbranched alkanes of at least 4 members (excludes halogenated alkanes) is 1. The van der Waals surface area contributed by atoms with Gasteiger partial charge in [-0.25, -0.2) is 0 Å². The Morgan fingerprint density at radius 1 is 0.906 bits per heavy atom. The number of hydrogen-bond donors (Lipinski definition) is 5. The van der Waals surface area contributed by atoms with E-state index in [0.717, 1.165) is 24.8 Å². The highest BCUT2D eigenvalue weighted by Crippen LogP contribution is 2.42. The number of aromatic amines is 1. The van der Waals surface area contributed by atoms with Crippen molar-refractivity contribution >= 4 is 35.3 Å². The molecular formula is C37H56N10O6. The van der Waals surface area contributed by atoms with E-state index in [1.165, 1.54) is 0 Å². The molecule has 0 radical (unpaired) electrons. The third-order valence-corrected chi connectivity index (χ3v) is 10.4. The van der Waals surface area contributed by atoms with Crippen LogP contribution in [0, 0.1) is 23.7 Å². The number of hydrogen-bond acceptors (Lipinski definition) is 10. The number of ketones is 1. The van der Waals surface area contributed by atoms with Crippen molar-refractivity contribution in [2.75, 3.05) is 6.54 Å². The Kier molecular flexibility index (Phi) is 15.0. The molecule has 3 heterocycles. The molecule has 0 bridgehead atoms. The van der Waals surface area contributed by atoms with E-state index in [1.54, 1.807) is 36.4 Å². The molecule has 0 aromatic carbocycles. The van der Waals surface area contributed by atoms with E-state index in [2.05, 4.69) is 46.9 Å². The fourth-order valence-electron chi connectivity index (χ4n) is 7.42. The number of tetrazole rings is 1. The van der Waals surface area contributed by atoms with Crippen molar-refractivity contribution in [2.45, 2.75) is 130 Å². The van der Waals surface area contributed by atoms with E-state index in [0.29, 0.717) is 38.1 Å². The molecule has 1 saturated carbocycles. The van der Waals surface area contributed by atoms with Gasteiger partial charge in [0.1, 0.15) is 18.1 Å². The fourth-order valence-corrected chi connectivity index (χ4v) is 7.42. The maximum absolute atomic E-state index is 14.4. The largest absolute Gasteiger partial charge is 0.344 e. The zero-order valence-electron chi connectivity index (χ0n) is 31.8. The predicted molar refractivity (Wildman–Crippen MR) is 194 cm³/mol. The standard InChI is InChI=1S/C37H56N10O6/c1-7-11-27(33(49)36(52)39-23(6)24-16-18-38-19-17-24)40-35(51)32-26-13-10-12-25(26)20-47(32)37(53)31(22(4)5)42-34(50)30(21(2)3)41-29(48)15-9-8-14-28-43-45-46-44-28/h16-19,21-23,25-27,30-32H,7-15,20H2,1-6H3,(H,39,52)(H,40,51)(H,41,48)(H,42,50)(H,43,44,45,46)/t23-,25+,26+,27?,30-,31+,32+/m1/s1. The second kappa shape index (κ2) is 19.4. The Bertz CT molecular complexity index is 1550. The van der Waals surface area contributed by atoms with Gasteiger partial charge in [-0.2, -0.15) is 5.21 Å². The third kappa shape index (κ3) is 10.9. The molecule has 5 amide bonds. The van der Waals surface area contributed by atoms with Crippen molar-refractivity contribution in [1.29, 1.82) is 0 Å². The molecule has 16 heteroatoms. The molecule has 4 rings (SSSR count). The van der Waals surface area contributed by atoms with Gasteiger partial charge in [0.15, 0.2) is 5.82 Å². The van der Waals surface area contributed by atoms with Crippen LogP contribution in [0.5, 0.6) is 0 Å². The quantitative estimate of drug-likeness (QED) is 0.104. The number of fused-ring (bicyclic) bond motifs is 1. The fraction of sp³-hybridized carbons (Fsp3) is 0.676. The van der Waals surface area contributed by atoms with Crippen LogP contribution < -0.4 is 21.3 Å². The lowest BCUT2D eigenvalue weighted by atomic mass is 9.92. The van der Waals surface area contributed by atoms with Crippen LogP contribution in [-0.4, -0.2) is 96.5 Å². The van der Waals surface area contributed by atoms with Crippen molar-refractivity contribution in [3.05, 3.63) is 35.9 Å². The maximum Gasteiger partial charge on any atom is 0.290 e. The maximum atomic E-state index is 14.4. The highest BCUT2D eigenvalue weighted by atomic mass is 16.2. The molecule has 0 spiro atoms. The molecule has 53 heavy (non-hydrogen) atoms. The van der Waals surface area contributed by atoms with Crippen molar-refractivity contribution < 1.29 is 28.8 Å². The number of H-pyrrole nitrogens is 1. The van der Waals surface area contributed by atoms with Crippen LogP contribution in [0.4, 0.5) is 0 Å². The zero-order chi connectivity index (χ0) is 38.7. The van der Waals surface area contributed by atoms with Crippen molar-refractivity contribution in [3.8, 4) is 0 Å². The van der Waals surface area contributed by atoms with Gasteiger partial charge >= 0.3 is 0 Å². The number of carbonyl (C=O) groups excluding carboxylic acids is 6. The van der Waals surface area contributed by atoms with Crippen LogP contribution in [0.2, 0.25) is 0 Å². The molecule has 16 nitrogen and oxygen atoms in total. The minimum Gasteiger partial charge on any atom is -0.344 e. The minimum absolute atomic E-state index is 0.103. The summed E-state index contributed by atoms with van der Waals surface area (Å²) in [4.78, 5) is 87.1. The van der Waals surface area contributed by atoms with Gasteiger partial charge < -0.3 is 26.2 Å². The van der Waals surface area contributed by atoms with Crippen molar-refractivity contribution in [2.24, 2.45) is 23.7 Å². The summed E-state index contributed by atoms with van der Waals surface area (Å²) in [5.41, 5.74) is 0.784. The van der Waals surface area contributed by atoms with Gasteiger partial charge in [0.25, 0.3) is 5.91 Å². The van der Waals surface area contributed by atoms with E-state index in [-0.39, 0.29) is 48.3 Å². The summed E-state index contributed by atoms with van der Waals surface area (Å²) in [5, 5.41) is 25.1. The Balaban J connectivity index is 1.42. The smallest absolute Gasteiger partial charge is 0.290 e. The molecule has 2 aromatic rings. The summed E-state index contributed by atoms with van der Waals surface area (Å²) in [6.07, 6.45) is 8.56. The molecular weight excluding hydrogens is 680 g/mol. The number of pyridine rings is 1. The SMILES string of the molecule is CCCC(NC(=O)[C@@H]1[C@H]2CCC[C@H]2CN1C(=O)[C@@H](NC(=O)[C@H](NC(=O)CCCCc1nn[nH]n1)C(C)C)C(C)C)C(=O)C(=O)N[C@H](C)c1ccncc1. The van der Waals surface area contributed by atoms with E-state index < -0.39 is 53.7 Å². The normalized spacial score (nSPS) is 20.3. The average Bonchev–Trinajstić information content (AvgIpc) is 3.89. The summed E-state index contributed by atoms with van der Waals surface area (Å²) in [6.45, 7) is 11.3. The molecule has 1 aliphatic heterocycles. The van der Waals surface area contributed by atoms with Crippen LogP contribution in [0.1, 0.15) is 110 Å². The lowest BCUT2D eigenvalue weighted by molar-refractivity contribution is -0.145. The number of aryl methyl sites for hydroxylation is 1. The molecule has 1 saturated heterocycles. The second-order valence-corrected chi connectivity index (χ2v) is 15.0. The summed E-state index contributed by atoms with van der Waals surface area (Å²) in [7, 11) is 0. The Morgan fingerprint density at radius 2 is 1.62 bits per heavy atom. The van der Waals surface area contributed by atoms with Crippen molar-refractivity contribution in [1.82, 2.24) is 51.8 Å². The van der Waals surface area contributed by atoms with Crippen LogP contribution in [0.3, 0.4) is 0 Å². The predicted octanol–water partition coefficient (Wildman–Crippen LogP) is 1.95. The second-order valence-electron chi connectivity index (χ2n) is 15.0. The number of rotatable bonds is 19. The number of likely N-dealkylation sites (tertiary alicyclic amines) is 1. The first-order valence-corrected chi connectivity index (χ1v) is 19.0. The molecule has 2 aromatic heterocycles. The van der Waals surface area contributed by atoms with Crippen LogP contribution in [0.15, 0.2) is 24.5 Å². The Labute approximate surface area is 311 Å². The first-order chi connectivity index (χ1) is 25.3. The highest BCUT2D eigenvalue weighted by Gasteiger charge is 2.51. The van der Waals surface area contributed by atoms with Crippen LogP contribution in [0.25, 0.3) is 0 Å². The molecule has 1 unspecified atom stereocenters. The lowest BCUT2D eigenvalue weighted by Crippen LogP contribution is -2.60. The van der Waals surface area contributed by atoms with Crippen molar-refractivity contribution in [3.63, 3.8) is 0 Å². The number of amides is 5. The first-order valence-electron chi connectivity index (χ1n) is 19.0. The van der Waals surface area contributed by atoms with Gasteiger partial charge in [0, 0.05) is 31.8 Å². The van der Waals surface area contributed by atoms with Gasteiger partial charge in [-0.1, -0.05) is 52.7 Å². The first kappa shape index (κ1) is 41.0. The lowest BCUT2D eigenvalue weighted by Gasteiger charge is -2.34. The van der Waals surface area contributed by atoms with Gasteiger partial charge in [0.2, 0.25) is 29.4 Å². The Hall–Kier alpha value is -4.76. The summed E-state index contributed by atoms with van der Waals surface area (Å²) in [5.74, 6) is -3.20. The topological polar surface area (TPSA) is 221 Å². The number of aromatic nitrogens is 5.